The summed E-state index contributed by atoms with van der Waals surface area (Å²) in [7, 11) is 1.43. The molecule has 9 heteroatoms. The van der Waals surface area contributed by atoms with E-state index in [1.54, 1.807) is 6.07 Å². The summed E-state index contributed by atoms with van der Waals surface area (Å²) in [4.78, 5) is 24.0. The van der Waals surface area contributed by atoms with E-state index in [0.29, 0.717) is 11.5 Å². The number of hydrogen-bond acceptors (Lipinski definition) is 5. The fraction of sp³-hybridized carbons (Fsp3) is 0.300. The first-order chi connectivity index (χ1) is 13.6. The molecule has 0 atom stereocenters. The molecular weight excluding hydrogens is 391 g/mol. The van der Waals surface area contributed by atoms with Crippen LogP contribution >= 0.6 is 0 Å². The van der Waals surface area contributed by atoms with Crippen molar-refractivity contribution in [2.75, 3.05) is 19.0 Å². The highest BCUT2D eigenvalue weighted by Crippen LogP contribution is 2.30. The first kappa shape index (κ1) is 22.1. The maximum absolute atomic E-state index is 12.5. The first-order valence-electron chi connectivity index (χ1n) is 8.59. The van der Waals surface area contributed by atoms with E-state index in [1.165, 1.54) is 19.2 Å². The number of amides is 1. The summed E-state index contributed by atoms with van der Waals surface area (Å²) < 4.78 is 53.3. The van der Waals surface area contributed by atoms with Crippen molar-refractivity contribution < 1.29 is 37.0 Å². The van der Waals surface area contributed by atoms with Gasteiger partial charge in [0.05, 0.1) is 24.3 Å². The molecule has 156 valence electrons. The van der Waals surface area contributed by atoms with Gasteiger partial charge in [0.15, 0.2) is 18.1 Å². The van der Waals surface area contributed by atoms with Gasteiger partial charge in [0, 0.05) is 5.69 Å². The Bertz CT molecular complexity index is 863. The van der Waals surface area contributed by atoms with Crippen LogP contribution in [0.15, 0.2) is 42.5 Å². The van der Waals surface area contributed by atoms with E-state index < -0.39 is 30.2 Å². The van der Waals surface area contributed by atoms with Gasteiger partial charge in [0.2, 0.25) is 0 Å². The van der Waals surface area contributed by atoms with Gasteiger partial charge in [0.1, 0.15) is 0 Å². The molecule has 0 aliphatic rings. The highest BCUT2D eigenvalue weighted by atomic mass is 19.4. The predicted octanol–water partition coefficient (Wildman–Crippen LogP) is 4.30. The fourth-order valence-corrected chi connectivity index (χ4v) is 2.30. The van der Waals surface area contributed by atoms with Crippen LogP contribution in [0.2, 0.25) is 0 Å². The Morgan fingerprint density at radius 3 is 2.24 bits per heavy atom. The van der Waals surface area contributed by atoms with Gasteiger partial charge in [-0.05, 0) is 56.3 Å². The van der Waals surface area contributed by atoms with Gasteiger partial charge in [-0.3, -0.25) is 4.79 Å². The molecule has 2 aromatic rings. The lowest BCUT2D eigenvalue weighted by Crippen LogP contribution is -2.21. The molecule has 0 aliphatic heterocycles. The van der Waals surface area contributed by atoms with Gasteiger partial charge in [0.25, 0.3) is 5.91 Å². The van der Waals surface area contributed by atoms with Crippen LogP contribution < -0.4 is 14.8 Å². The number of methoxy groups -OCH3 is 1. The summed E-state index contributed by atoms with van der Waals surface area (Å²) in [6.45, 7) is 3.08. The number of anilines is 1. The monoisotopic (exact) mass is 411 g/mol. The number of halogens is 3. The number of ether oxygens (including phenoxy) is 3. The van der Waals surface area contributed by atoms with Crippen LogP contribution in [0.5, 0.6) is 11.5 Å². The van der Waals surface area contributed by atoms with Gasteiger partial charge in [-0.1, -0.05) is 0 Å². The van der Waals surface area contributed by atoms with Crippen molar-refractivity contribution in [3.05, 3.63) is 53.6 Å². The summed E-state index contributed by atoms with van der Waals surface area (Å²) >= 11 is 0. The smallest absolute Gasteiger partial charge is 0.416 e. The quantitative estimate of drug-likeness (QED) is 0.688. The molecule has 0 unspecified atom stereocenters. The maximum Gasteiger partial charge on any atom is 0.416 e. The number of alkyl halides is 3. The molecule has 0 saturated carbocycles. The lowest BCUT2D eigenvalue weighted by atomic mass is 10.2. The molecule has 0 spiro atoms. The number of carbonyl (C=O) groups excluding carboxylic acids is 2. The molecule has 1 N–H and O–H groups in total. The third-order valence-corrected chi connectivity index (χ3v) is 3.59. The zero-order chi connectivity index (χ0) is 21.6. The molecule has 6 nitrogen and oxygen atoms in total. The minimum Gasteiger partial charge on any atom is -0.493 e. The molecule has 1 amide bonds. The maximum atomic E-state index is 12.5. The summed E-state index contributed by atoms with van der Waals surface area (Å²) in [6.07, 6.45) is -4.55. The zero-order valence-corrected chi connectivity index (χ0v) is 16.0. The molecule has 2 rings (SSSR count). The molecule has 0 radical (unpaired) electrons. The summed E-state index contributed by atoms with van der Waals surface area (Å²) in [5, 5.41) is 2.35. The number of carbonyl (C=O) groups is 2. The lowest BCUT2D eigenvalue weighted by Gasteiger charge is -2.14. The largest absolute Gasteiger partial charge is 0.493 e. The Morgan fingerprint density at radius 2 is 1.69 bits per heavy atom. The summed E-state index contributed by atoms with van der Waals surface area (Å²) in [6, 6.07) is 8.35. The molecule has 0 heterocycles. The lowest BCUT2D eigenvalue weighted by molar-refractivity contribution is -0.137. The van der Waals surface area contributed by atoms with Gasteiger partial charge >= 0.3 is 12.1 Å². The first-order valence-corrected chi connectivity index (χ1v) is 8.59. The van der Waals surface area contributed by atoms with Crippen LogP contribution in [0.1, 0.15) is 29.8 Å². The molecule has 2 aromatic carbocycles. The fourth-order valence-electron chi connectivity index (χ4n) is 2.30. The van der Waals surface area contributed by atoms with E-state index in [0.717, 1.165) is 24.3 Å². The predicted molar refractivity (Wildman–Crippen MR) is 99.1 cm³/mol. The number of hydrogen-bond donors (Lipinski definition) is 1. The minimum absolute atomic E-state index is 0.0874. The SMILES string of the molecule is COc1cc(C(=O)OCC(=O)Nc2ccc(C(F)(F)F)cc2)ccc1OC(C)C. The van der Waals surface area contributed by atoms with Crippen molar-refractivity contribution in [3.63, 3.8) is 0 Å². The third-order valence-electron chi connectivity index (χ3n) is 3.59. The molecular formula is C20H20F3NO5. The Labute approximate surface area is 165 Å². The molecule has 0 fully saturated rings. The van der Waals surface area contributed by atoms with Crippen molar-refractivity contribution in [3.8, 4) is 11.5 Å². The van der Waals surface area contributed by atoms with E-state index in [-0.39, 0.29) is 17.4 Å². The van der Waals surface area contributed by atoms with Crippen molar-refractivity contribution in [2.45, 2.75) is 26.1 Å². The van der Waals surface area contributed by atoms with Gasteiger partial charge in [-0.15, -0.1) is 0 Å². The number of esters is 1. The van der Waals surface area contributed by atoms with Gasteiger partial charge < -0.3 is 19.5 Å². The Hall–Kier alpha value is -3.23. The minimum atomic E-state index is -4.46. The number of rotatable bonds is 7. The number of benzene rings is 2. The van der Waals surface area contributed by atoms with Crippen LogP contribution in [-0.2, 0) is 15.7 Å². The van der Waals surface area contributed by atoms with Gasteiger partial charge in [-0.25, -0.2) is 4.79 Å². The van der Waals surface area contributed by atoms with Crippen molar-refractivity contribution in [1.29, 1.82) is 0 Å². The molecule has 0 saturated heterocycles. The Balaban J connectivity index is 1.93. The zero-order valence-electron chi connectivity index (χ0n) is 16.0. The summed E-state index contributed by atoms with van der Waals surface area (Å²) in [5.41, 5.74) is -0.531. The second kappa shape index (κ2) is 9.31. The topological polar surface area (TPSA) is 73.9 Å². The number of nitrogens with one attached hydrogen (secondary N) is 1. The van der Waals surface area contributed by atoms with E-state index in [9.17, 15) is 22.8 Å². The molecule has 0 aromatic heterocycles. The molecule has 0 aliphatic carbocycles. The van der Waals surface area contributed by atoms with Crippen LogP contribution in [0.3, 0.4) is 0 Å². The van der Waals surface area contributed by atoms with Gasteiger partial charge in [-0.2, -0.15) is 13.2 Å². The van der Waals surface area contributed by atoms with Crippen LogP contribution in [0.4, 0.5) is 18.9 Å². The van der Waals surface area contributed by atoms with E-state index in [2.05, 4.69) is 5.32 Å². The third kappa shape index (κ3) is 6.41. The second-order valence-electron chi connectivity index (χ2n) is 6.23. The van der Waals surface area contributed by atoms with Crippen LogP contribution in [0.25, 0.3) is 0 Å². The van der Waals surface area contributed by atoms with E-state index in [4.69, 9.17) is 14.2 Å². The highest BCUT2D eigenvalue weighted by molar-refractivity contribution is 5.95. The molecule has 29 heavy (non-hydrogen) atoms. The van der Waals surface area contributed by atoms with E-state index in [1.807, 2.05) is 13.8 Å². The second-order valence-corrected chi connectivity index (χ2v) is 6.23. The average Bonchev–Trinajstić information content (AvgIpc) is 2.65. The Morgan fingerprint density at radius 1 is 1.03 bits per heavy atom. The average molecular weight is 411 g/mol. The summed E-state index contributed by atoms with van der Waals surface area (Å²) in [5.74, 6) is -0.659. The molecule has 0 bridgehead atoms. The normalized spacial score (nSPS) is 11.1. The van der Waals surface area contributed by atoms with Crippen LogP contribution in [0, 0.1) is 0 Å². The highest BCUT2D eigenvalue weighted by Gasteiger charge is 2.30. The Kier molecular flexibility index (Phi) is 7.08. The van der Waals surface area contributed by atoms with E-state index >= 15 is 0 Å². The van der Waals surface area contributed by atoms with Crippen molar-refractivity contribution >= 4 is 17.6 Å². The van der Waals surface area contributed by atoms with Crippen molar-refractivity contribution in [1.82, 2.24) is 0 Å². The van der Waals surface area contributed by atoms with Crippen molar-refractivity contribution in [2.24, 2.45) is 0 Å². The van der Waals surface area contributed by atoms with Crippen LogP contribution in [-0.4, -0.2) is 31.7 Å². The standard InChI is InChI=1S/C20H20F3NO5/c1-12(2)29-16-9-4-13(10-17(16)27-3)19(26)28-11-18(25)24-15-7-5-14(6-8-15)20(21,22)23/h4-10,12H,11H2,1-3H3,(H,24,25).